The Balaban J connectivity index is 2.98. The molecular formula is C7H13NOS. The highest BCUT2D eigenvalue weighted by atomic mass is 32.2. The second-order valence-corrected chi connectivity index (χ2v) is 3.25. The molecule has 0 fully saturated rings. The molecule has 1 unspecified atom stereocenters. The monoisotopic (exact) mass is 159 g/mol. The van der Waals surface area contributed by atoms with Crippen LogP contribution in [0.1, 0.15) is 6.92 Å². The maximum Gasteiger partial charge on any atom is 0.0661 e. The molecule has 1 atom stereocenters. The van der Waals surface area contributed by atoms with E-state index in [0.717, 1.165) is 18.1 Å². The highest BCUT2D eigenvalue weighted by Gasteiger charge is 1.97. The van der Waals surface area contributed by atoms with Gasteiger partial charge in [-0.25, -0.2) is 0 Å². The van der Waals surface area contributed by atoms with Crippen LogP contribution in [0.3, 0.4) is 0 Å². The van der Waals surface area contributed by atoms with Crippen molar-refractivity contribution >= 4 is 11.8 Å². The van der Waals surface area contributed by atoms with E-state index in [4.69, 9.17) is 10.00 Å². The molecule has 0 saturated heterocycles. The van der Waals surface area contributed by atoms with Gasteiger partial charge in [-0.05, 0) is 6.92 Å². The molecule has 0 N–H and O–H groups in total. The van der Waals surface area contributed by atoms with E-state index < -0.39 is 0 Å². The minimum absolute atomic E-state index is 0.168. The number of rotatable bonds is 5. The van der Waals surface area contributed by atoms with Crippen molar-refractivity contribution in [1.82, 2.24) is 0 Å². The molecule has 3 heteroatoms. The molecule has 0 aromatic rings. The Labute approximate surface area is 66.6 Å². The third-order valence-corrected chi connectivity index (χ3v) is 2.21. The number of nitriles is 1. The minimum Gasteiger partial charge on any atom is -0.384 e. The van der Waals surface area contributed by atoms with Gasteiger partial charge in [-0.15, -0.1) is 0 Å². The lowest BCUT2D eigenvalue weighted by Crippen LogP contribution is -1.98. The van der Waals surface area contributed by atoms with Crippen LogP contribution in [-0.2, 0) is 4.74 Å². The van der Waals surface area contributed by atoms with Crippen LogP contribution in [0.4, 0.5) is 0 Å². The van der Waals surface area contributed by atoms with Gasteiger partial charge < -0.3 is 4.74 Å². The average molecular weight is 159 g/mol. The number of methoxy groups -OCH3 is 1. The van der Waals surface area contributed by atoms with E-state index in [0.29, 0.717) is 0 Å². The summed E-state index contributed by atoms with van der Waals surface area (Å²) in [6.07, 6.45) is 0. The van der Waals surface area contributed by atoms with Crippen molar-refractivity contribution in [2.24, 2.45) is 5.92 Å². The number of nitrogens with zero attached hydrogens (tertiary/aromatic N) is 1. The number of hydrogen-bond acceptors (Lipinski definition) is 3. The normalized spacial score (nSPS) is 12.5. The maximum atomic E-state index is 8.40. The number of hydrogen-bond donors (Lipinski definition) is 0. The van der Waals surface area contributed by atoms with Gasteiger partial charge in [0, 0.05) is 18.6 Å². The third-order valence-electron chi connectivity index (χ3n) is 1.02. The van der Waals surface area contributed by atoms with Gasteiger partial charge in [0.1, 0.15) is 0 Å². The molecule has 0 bridgehead atoms. The molecule has 0 rings (SSSR count). The average Bonchev–Trinajstić information content (AvgIpc) is 1.98. The molecule has 2 nitrogen and oxygen atoms in total. The molecule has 0 saturated carbocycles. The molecular weight excluding hydrogens is 146 g/mol. The summed E-state index contributed by atoms with van der Waals surface area (Å²) in [5, 5.41) is 8.40. The summed E-state index contributed by atoms with van der Waals surface area (Å²) in [7, 11) is 1.69. The molecule has 0 aromatic heterocycles. The zero-order valence-electron chi connectivity index (χ0n) is 6.46. The van der Waals surface area contributed by atoms with Crippen molar-refractivity contribution in [3.05, 3.63) is 0 Å². The molecule has 0 aliphatic heterocycles. The van der Waals surface area contributed by atoms with Crippen LogP contribution in [0.25, 0.3) is 0 Å². The van der Waals surface area contributed by atoms with Crippen molar-refractivity contribution in [1.29, 1.82) is 5.26 Å². The molecule has 0 heterocycles. The molecule has 0 radical (unpaired) electrons. The van der Waals surface area contributed by atoms with Crippen molar-refractivity contribution in [3.63, 3.8) is 0 Å². The van der Waals surface area contributed by atoms with Crippen LogP contribution in [0, 0.1) is 17.2 Å². The van der Waals surface area contributed by atoms with Gasteiger partial charge >= 0.3 is 0 Å². The van der Waals surface area contributed by atoms with Gasteiger partial charge in [0.25, 0.3) is 0 Å². The largest absolute Gasteiger partial charge is 0.384 e. The summed E-state index contributed by atoms with van der Waals surface area (Å²) in [5.41, 5.74) is 0. The predicted molar refractivity (Wildman–Crippen MR) is 44.0 cm³/mol. The Kier molecular flexibility index (Phi) is 6.78. The summed E-state index contributed by atoms with van der Waals surface area (Å²) in [4.78, 5) is 0. The first-order chi connectivity index (χ1) is 4.81. The van der Waals surface area contributed by atoms with E-state index in [1.165, 1.54) is 0 Å². The Morgan fingerprint density at radius 1 is 1.70 bits per heavy atom. The first kappa shape index (κ1) is 9.80. The molecule has 58 valence electrons. The first-order valence-corrected chi connectivity index (χ1v) is 4.43. The number of thioether (sulfide) groups is 1. The van der Waals surface area contributed by atoms with E-state index in [1.807, 2.05) is 6.92 Å². The quantitative estimate of drug-likeness (QED) is 0.570. The van der Waals surface area contributed by atoms with Crippen LogP contribution in [0.2, 0.25) is 0 Å². The third kappa shape index (κ3) is 5.93. The predicted octanol–water partition coefficient (Wildman–Crippen LogP) is 1.53. The Hall–Kier alpha value is -0.200. The van der Waals surface area contributed by atoms with Gasteiger partial charge in [0.15, 0.2) is 0 Å². The lowest BCUT2D eigenvalue weighted by atomic mass is 10.3. The highest BCUT2D eigenvalue weighted by molar-refractivity contribution is 7.99. The summed E-state index contributed by atoms with van der Waals surface area (Å²) in [6.45, 7) is 2.71. The molecule has 0 aliphatic carbocycles. The van der Waals surface area contributed by atoms with E-state index >= 15 is 0 Å². The summed E-state index contributed by atoms with van der Waals surface area (Å²) in [6, 6.07) is 2.18. The highest BCUT2D eigenvalue weighted by Crippen LogP contribution is 2.06. The Bertz CT molecular complexity index is 111. The van der Waals surface area contributed by atoms with Gasteiger partial charge in [-0.3, -0.25) is 0 Å². The van der Waals surface area contributed by atoms with Gasteiger partial charge in [0.2, 0.25) is 0 Å². The van der Waals surface area contributed by atoms with Crippen LogP contribution in [0.15, 0.2) is 0 Å². The van der Waals surface area contributed by atoms with Gasteiger partial charge in [-0.1, -0.05) is 0 Å². The van der Waals surface area contributed by atoms with Crippen molar-refractivity contribution in [2.45, 2.75) is 6.92 Å². The van der Waals surface area contributed by atoms with Crippen LogP contribution in [0.5, 0.6) is 0 Å². The van der Waals surface area contributed by atoms with Gasteiger partial charge in [0.05, 0.1) is 18.6 Å². The van der Waals surface area contributed by atoms with E-state index in [9.17, 15) is 0 Å². The van der Waals surface area contributed by atoms with Crippen molar-refractivity contribution in [3.8, 4) is 6.07 Å². The second-order valence-electron chi connectivity index (χ2n) is 2.10. The lowest BCUT2D eigenvalue weighted by molar-refractivity contribution is 0.218. The molecule has 0 spiro atoms. The molecule has 10 heavy (non-hydrogen) atoms. The number of ether oxygens (including phenoxy) is 1. The molecule has 0 amide bonds. The van der Waals surface area contributed by atoms with Crippen LogP contribution >= 0.6 is 11.8 Å². The maximum absolute atomic E-state index is 8.40. The standard InChI is InChI=1S/C7H13NOS/c1-7(5-8)6-10-4-3-9-2/h7H,3-4,6H2,1-2H3. The lowest BCUT2D eigenvalue weighted by Gasteiger charge is -2.00. The van der Waals surface area contributed by atoms with Crippen LogP contribution in [-0.4, -0.2) is 25.2 Å². The zero-order chi connectivity index (χ0) is 7.82. The smallest absolute Gasteiger partial charge is 0.0661 e. The fourth-order valence-corrected chi connectivity index (χ4v) is 1.32. The van der Waals surface area contributed by atoms with E-state index in [1.54, 1.807) is 18.9 Å². The van der Waals surface area contributed by atoms with Gasteiger partial charge in [-0.2, -0.15) is 17.0 Å². The molecule has 0 aromatic carbocycles. The van der Waals surface area contributed by atoms with Crippen molar-refractivity contribution in [2.75, 3.05) is 25.2 Å². The van der Waals surface area contributed by atoms with Crippen LogP contribution < -0.4 is 0 Å². The van der Waals surface area contributed by atoms with E-state index in [2.05, 4.69) is 6.07 Å². The fraction of sp³-hybridized carbons (Fsp3) is 0.857. The summed E-state index contributed by atoms with van der Waals surface area (Å²) >= 11 is 1.76. The SMILES string of the molecule is COCCSCC(C)C#N. The molecule has 0 aliphatic rings. The Morgan fingerprint density at radius 2 is 2.40 bits per heavy atom. The zero-order valence-corrected chi connectivity index (χ0v) is 7.28. The minimum atomic E-state index is 0.168. The fourth-order valence-electron chi connectivity index (χ4n) is 0.440. The second kappa shape index (κ2) is 6.91. The first-order valence-electron chi connectivity index (χ1n) is 3.27. The topological polar surface area (TPSA) is 33.0 Å². The van der Waals surface area contributed by atoms with E-state index in [-0.39, 0.29) is 5.92 Å². The Morgan fingerprint density at radius 3 is 2.90 bits per heavy atom. The summed E-state index contributed by atoms with van der Waals surface area (Å²) in [5.74, 6) is 2.07. The summed E-state index contributed by atoms with van der Waals surface area (Å²) < 4.78 is 4.85. The van der Waals surface area contributed by atoms with Crippen molar-refractivity contribution < 1.29 is 4.74 Å².